The van der Waals surface area contributed by atoms with Gasteiger partial charge in [-0.2, -0.15) is 0 Å². The molecule has 0 aromatic rings. The Bertz CT molecular complexity index is 206. The molecule has 1 atom stereocenters. The van der Waals surface area contributed by atoms with Crippen LogP contribution in [0.2, 0.25) is 0 Å². The van der Waals surface area contributed by atoms with Crippen LogP contribution in [0.4, 0.5) is 0 Å². The molecule has 1 aliphatic carbocycles. The van der Waals surface area contributed by atoms with Gasteiger partial charge in [0.1, 0.15) is 6.10 Å². The van der Waals surface area contributed by atoms with Crippen molar-refractivity contribution in [1.82, 2.24) is 0 Å². The van der Waals surface area contributed by atoms with Crippen molar-refractivity contribution in [2.24, 2.45) is 0 Å². The van der Waals surface area contributed by atoms with Gasteiger partial charge in [0.05, 0.1) is 0 Å². The van der Waals surface area contributed by atoms with E-state index in [1.165, 1.54) is 6.42 Å². The van der Waals surface area contributed by atoms with Crippen molar-refractivity contribution in [3.05, 3.63) is 11.6 Å². The van der Waals surface area contributed by atoms with Crippen LogP contribution in [0.5, 0.6) is 0 Å². The second-order valence-electron chi connectivity index (χ2n) is 3.44. The number of allylic oxidation sites excluding steroid dienone is 1. The fraction of sp³-hybridized carbons (Fsp3) is 0.727. The van der Waals surface area contributed by atoms with Gasteiger partial charge in [0.25, 0.3) is 0 Å². The molecule has 0 radical (unpaired) electrons. The molecule has 1 unspecified atom stereocenters. The summed E-state index contributed by atoms with van der Waals surface area (Å²) in [5.41, 5.74) is 0.979. The zero-order valence-corrected chi connectivity index (χ0v) is 8.51. The zero-order chi connectivity index (χ0) is 9.68. The highest BCUT2D eigenvalue weighted by atomic mass is 16.5. The molecule has 0 amide bonds. The SMILES string of the molecule is CCOC(C)C(=O)C1=CCCCC1. The maximum absolute atomic E-state index is 11.7. The van der Waals surface area contributed by atoms with Gasteiger partial charge in [-0.25, -0.2) is 0 Å². The predicted molar refractivity (Wildman–Crippen MR) is 52.6 cm³/mol. The number of hydrogen-bond acceptors (Lipinski definition) is 2. The normalized spacial score (nSPS) is 19.4. The molecule has 0 N–H and O–H groups in total. The van der Waals surface area contributed by atoms with E-state index in [1.807, 2.05) is 13.8 Å². The number of ether oxygens (including phenoxy) is 1. The average Bonchev–Trinajstić information content (AvgIpc) is 2.18. The summed E-state index contributed by atoms with van der Waals surface area (Å²) in [4.78, 5) is 11.7. The molecular formula is C11H18O2. The van der Waals surface area contributed by atoms with Crippen LogP contribution in [0, 0.1) is 0 Å². The van der Waals surface area contributed by atoms with Crippen molar-refractivity contribution in [3.63, 3.8) is 0 Å². The lowest BCUT2D eigenvalue weighted by molar-refractivity contribution is -0.125. The number of rotatable bonds is 4. The summed E-state index contributed by atoms with van der Waals surface area (Å²) in [6, 6.07) is 0. The van der Waals surface area contributed by atoms with Crippen LogP contribution in [0.1, 0.15) is 39.5 Å². The molecule has 2 nitrogen and oxygen atoms in total. The first kappa shape index (κ1) is 10.5. The highest BCUT2D eigenvalue weighted by Gasteiger charge is 2.18. The summed E-state index contributed by atoms with van der Waals surface area (Å²) >= 11 is 0. The van der Waals surface area contributed by atoms with E-state index in [2.05, 4.69) is 6.08 Å². The lowest BCUT2D eigenvalue weighted by Gasteiger charge is -2.15. The topological polar surface area (TPSA) is 26.3 Å². The summed E-state index contributed by atoms with van der Waals surface area (Å²) in [6.45, 7) is 4.36. The van der Waals surface area contributed by atoms with Crippen LogP contribution in [-0.4, -0.2) is 18.5 Å². The number of hydrogen-bond donors (Lipinski definition) is 0. The molecule has 2 heteroatoms. The fourth-order valence-electron chi connectivity index (χ4n) is 1.65. The number of carbonyl (C=O) groups excluding carboxylic acids is 1. The zero-order valence-electron chi connectivity index (χ0n) is 8.51. The summed E-state index contributed by atoms with van der Waals surface area (Å²) in [5, 5.41) is 0. The molecule has 0 heterocycles. The van der Waals surface area contributed by atoms with Crippen LogP contribution >= 0.6 is 0 Å². The molecule has 1 aliphatic rings. The lowest BCUT2D eigenvalue weighted by Crippen LogP contribution is -2.23. The predicted octanol–water partition coefficient (Wildman–Crippen LogP) is 2.48. The summed E-state index contributed by atoms with van der Waals surface area (Å²) in [6.07, 6.45) is 6.18. The average molecular weight is 182 g/mol. The third-order valence-electron chi connectivity index (χ3n) is 2.39. The second-order valence-corrected chi connectivity index (χ2v) is 3.44. The molecule has 0 aromatic carbocycles. The highest BCUT2D eigenvalue weighted by Crippen LogP contribution is 2.19. The maximum Gasteiger partial charge on any atom is 0.186 e. The molecule has 0 spiro atoms. The van der Waals surface area contributed by atoms with Gasteiger partial charge in [-0.1, -0.05) is 6.08 Å². The first-order valence-electron chi connectivity index (χ1n) is 5.10. The molecule has 0 saturated carbocycles. The molecule has 0 aliphatic heterocycles. The summed E-state index contributed by atoms with van der Waals surface area (Å²) in [5.74, 6) is 0.182. The molecule has 0 fully saturated rings. The van der Waals surface area contributed by atoms with Crippen molar-refractivity contribution in [2.75, 3.05) is 6.61 Å². The maximum atomic E-state index is 11.7. The molecule has 13 heavy (non-hydrogen) atoms. The molecule has 0 saturated heterocycles. The van der Waals surface area contributed by atoms with Crippen molar-refractivity contribution in [2.45, 2.75) is 45.6 Å². The Morgan fingerprint density at radius 1 is 1.62 bits per heavy atom. The van der Waals surface area contributed by atoms with Gasteiger partial charge in [0.15, 0.2) is 5.78 Å². The van der Waals surface area contributed by atoms with Crippen LogP contribution in [0.15, 0.2) is 11.6 Å². The van der Waals surface area contributed by atoms with Crippen molar-refractivity contribution in [1.29, 1.82) is 0 Å². The third kappa shape index (κ3) is 2.96. The van der Waals surface area contributed by atoms with E-state index >= 15 is 0 Å². The fourth-order valence-corrected chi connectivity index (χ4v) is 1.65. The highest BCUT2D eigenvalue weighted by molar-refractivity contribution is 5.98. The standard InChI is InChI=1S/C11H18O2/c1-3-13-9(2)11(12)10-7-5-4-6-8-10/h7,9H,3-6,8H2,1-2H3. The van der Waals surface area contributed by atoms with Gasteiger partial charge >= 0.3 is 0 Å². The first-order chi connectivity index (χ1) is 6.25. The molecule has 74 valence electrons. The van der Waals surface area contributed by atoms with E-state index in [0.717, 1.165) is 24.8 Å². The Hall–Kier alpha value is -0.630. The van der Waals surface area contributed by atoms with Gasteiger partial charge in [-0.15, -0.1) is 0 Å². The first-order valence-corrected chi connectivity index (χ1v) is 5.10. The minimum absolute atomic E-state index is 0.182. The van der Waals surface area contributed by atoms with E-state index < -0.39 is 0 Å². The Labute approximate surface area is 80.0 Å². The van der Waals surface area contributed by atoms with E-state index in [1.54, 1.807) is 0 Å². The van der Waals surface area contributed by atoms with Gasteiger partial charge in [0.2, 0.25) is 0 Å². The quantitative estimate of drug-likeness (QED) is 0.667. The van der Waals surface area contributed by atoms with Crippen molar-refractivity contribution >= 4 is 5.78 Å². The lowest BCUT2D eigenvalue weighted by atomic mass is 9.94. The molecule has 1 rings (SSSR count). The number of Topliss-reactive ketones (excluding diaryl/α,β-unsaturated/α-hetero) is 1. The second kappa shape index (κ2) is 5.18. The summed E-state index contributed by atoms with van der Waals surface area (Å²) in [7, 11) is 0. The Morgan fingerprint density at radius 2 is 2.38 bits per heavy atom. The summed E-state index contributed by atoms with van der Waals surface area (Å²) < 4.78 is 5.27. The number of carbonyl (C=O) groups is 1. The smallest absolute Gasteiger partial charge is 0.186 e. The van der Waals surface area contributed by atoms with Gasteiger partial charge < -0.3 is 4.74 Å². The van der Waals surface area contributed by atoms with E-state index in [-0.39, 0.29) is 11.9 Å². The van der Waals surface area contributed by atoms with Gasteiger partial charge in [-0.05, 0) is 45.1 Å². The monoisotopic (exact) mass is 182 g/mol. The van der Waals surface area contributed by atoms with Crippen LogP contribution in [0.3, 0.4) is 0 Å². The Kier molecular flexibility index (Phi) is 4.16. The van der Waals surface area contributed by atoms with Gasteiger partial charge in [-0.3, -0.25) is 4.79 Å². The van der Waals surface area contributed by atoms with Crippen LogP contribution < -0.4 is 0 Å². The molecule has 0 bridgehead atoms. The van der Waals surface area contributed by atoms with E-state index in [0.29, 0.717) is 6.61 Å². The van der Waals surface area contributed by atoms with Crippen LogP contribution in [-0.2, 0) is 9.53 Å². The van der Waals surface area contributed by atoms with Gasteiger partial charge in [0, 0.05) is 6.61 Å². The van der Waals surface area contributed by atoms with Crippen molar-refractivity contribution < 1.29 is 9.53 Å². The molecule has 0 aromatic heterocycles. The van der Waals surface area contributed by atoms with E-state index in [9.17, 15) is 4.79 Å². The minimum atomic E-state index is -0.255. The molecular weight excluding hydrogens is 164 g/mol. The van der Waals surface area contributed by atoms with Crippen molar-refractivity contribution in [3.8, 4) is 0 Å². The van der Waals surface area contributed by atoms with E-state index in [4.69, 9.17) is 4.74 Å². The number of ketones is 1. The Morgan fingerprint density at radius 3 is 2.92 bits per heavy atom. The van der Waals surface area contributed by atoms with Crippen LogP contribution in [0.25, 0.3) is 0 Å². The Balaban J connectivity index is 2.50. The minimum Gasteiger partial charge on any atom is -0.371 e. The largest absolute Gasteiger partial charge is 0.371 e. The third-order valence-corrected chi connectivity index (χ3v) is 2.39.